The first kappa shape index (κ1) is 17.3. The zero-order valence-corrected chi connectivity index (χ0v) is 16.3. The van der Waals surface area contributed by atoms with Crippen LogP contribution in [0.3, 0.4) is 0 Å². The lowest BCUT2D eigenvalue weighted by Gasteiger charge is -2.06. The molecule has 26 heavy (non-hydrogen) atoms. The Morgan fingerprint density at radius 1 is 1.15 bits per heavy atom. The lowest BCUT2D eigenvalue weighted by atomic mass is 10.2. The molecule has 0 unspecified atom stereocenters. The first-order chi connectivity index (χ1) is 12.5. The third-order valence-electron chi connectivity index (χ3n) is 3.75. The van der Waals surface area contributed by atoms with Crippen molar-refractivity contribution in [2.24, 2.45) is 0 Å². The highest BCUT2D eigenvalue weighted by Gasteiger charge is 2.19. The molecule has 0 atom stereocenters. The highest BCUT2D eigenvalue weighted by atomic mass is 35.5. The van der Waals surface area contributed by atoms with Gasteiger partial charge in [0.05, 0.1) is 27.0 Å². The van der Waals surface area contributed by atoms with Crippen molar-refractivity contribution in [1.29, 1.82) is 0 Å². The summed E-state index contributed by atoms with van der Waals surface area (Å²) in [6.45, 7) is 0. The van der Waals surface area contributed by atoms with Gasteiger partial charge in [-0.1, -0.05) is 29.3 Å². The van der Waals surface area contributed by atoms with E-state index in [1.165, 1.54) is 11.3 Å². The third kappa shape index (κ3) is 3.17. The topological polar surface area (TPSA) is 68.0 Å². The van der Waals surface area contributed by atoms with E-state index < -0.39 is 0 Å². The average Bonchev–Trinajstić information content (AvgIpc) is 3.25. The van der Waals surface area contributed by atoms with Gasteiger partial charge in [-0.2, -0.15) is 0 Å². The molecular weight excluding hydrogens is 409 g/mol. The van der Waals surface area contributed by atoms with Crippen molar-refractivity contribution in [2.75, 3.05) is 11.1 Å². The van der Waals surface area contributed by atoms with E-state index in [9.17, 15) is 4.79 Å². The van der Waals surface area contributed by atoms with Crippen molar-refractivity contribution < 1.29 is 4.79 Å². The van der Waals surface area contributed by atoms with E-state index >= 15 is 0 Å². The van der Waals surface area contributed by atoms with Gasteiger partial charge in [0.15, 0.2) is 0 Å². The number of carbonyl (C=O) groups excluding carboxylic acids is 1. The molecule has 1 aromatic carbocycles. The second-order valence-electron chi connectivity index (χ2n) is 5.45. The van der Waals surface area contributed by atoms with Crippen LogP contribution in [0.15, 0.2) is 47.8 Å². The molecule has 3 aromatic heterocycles. The number of nitrogens with two attached hydrogens (primary N) is 1. The summed E-state index contributed by atoms with van der Waals surface area (Å²) in [4.78, 5) is 19.5. The molecule has 8 heteroatoms. The van der Waals surface area contributed by atoms with Crippen molar-refractivity contribution in [3.05, 3.63) is 62.8 Å². The number of amides is 1. The van der Waals surface area contributed by atoms with Gasteiger partial charge in [0.25, 0.3) is 5.91 Å². The number of carbonyl (C=O) groups is 1. The van der Waals surface area contributed by atoms with E-state index in [-0.39, 0.29) is 5.91 Å². The Bertz CT molecular complexity index is 1120. The normalized spacial score (nSPS) is 11.0. The quantitative estimate of drug-likeness (QED) is 0.417. The molecule has 0 saturated carbocycles. The smallest absolute Gasteiger partial charge is 0.267 e. The van der Waals surface area contributed by atoms with Gasteiger partial charge in [0.1, 0.15) is 9.71 Å². The van der Waals surface area contributed by atoms with Gasteiger partial charge >= 0.3 is 0 Å². The summed E-state index contributed by atoms with van der Waals surface area (Å²) in [5.41, 5.74) is 7.94. The van der Waals surface area contributed by atoms with Crippen LogP contribution < -0.4 is 11.1 Å². The summed E-state index contributed by atoms with van der Waals surface area (Å²) < 4.78 is 0. The number of hydrogen-bond donors (Lipinski definition) is 2. The summed E-state index contributed by atoms with van der Waals surface area (Å²) >= 11 is 14.9. The lowest BCUT2D eigenvalue weighted by molar-refractivity contribution is 0.103. The Kier molecular flexibility index (Phi) is 4.58. The molecule has 3 N–H and O–H groups in total. The first-order valence-electron chi connectivity index (χ1n) is 7.52. The fourth-order valence-corrected chi connectivity index (χ4v) is 4.64. The Labute approximate surface area is 167 Å². The number of fused-ring (bicyclic) bond motifs is 1. The van der Waals surface area contributed by atoms with Gasteiger partial charge in [-0.15, -0.1) is 22.7 Å². The molecule has 0 aliphatic rings. The molecule has 0 radical (unpaired) electrons. The molecule has 4 nitrogen and oxygen atoms in total. The van der Waals surface area contributed by atoms with Crippen LogP contribution in [-0.2, 0) is 0 Å². The van der Waals surface area contributed by atoms with Gasteiger partial charge in [-0.05, 0) is 41.8 Å². The third-order valence-corrected chi connectivity index (χ3v) is 6.31. The molecular formula is C18H11Cl2N3OS2. The summed E-state index contributed by atoms with van der Waals surface area (Å²) in [5, 5.41) is 6.40. The van der Waals surface area contributed by atoms with Crippen LogP contribution in [0.1, 0.15) is 9.67 Å². The standard InChI is InChI=1S/C18H11Cl2N3OS2/c19-9-3-5-12(11(20)8-9)22-17(24)16-15(21)10-4-6-13(23-18(10)26-16)14-2-1-7-25-14/h1-8H,21H2,(H,22,24). The molecule has 4 aromatic rings. The second kappa shape index (κ2) is 6.89. The minimum Gasteiger partial charge on any atom is -0.397 e. The fourth-order valence-electron chi connectivity index (χ4n) is 2.50. The molecule has 130 valence electrons. The monoisotopic (exact) mass is 419 g/mol. The summed E-state index contributed by atoms with van der Waals surface area (Å²) in [6.07, 6.45) is 0. The Hall–Kier alpha value is -2.12. The number of anilines is 2. The van der Waals surface area contributed by atoms with Gasteiger partial charge in [-0.3, -0.25) is 4.79 Å². The lowest BCUT2D eigenvalue weighted by Crippen LogP contribution is -2.12. The van der Waals surface area contributed by atoms with Gasteiger partial charge < -0.3 is 11.1 Å². The van der Waals surface area contributed by atoms with Crippen LogP contribution in [-0.4, -0.2) is 10.9 Å². The minimum absolute atomic E-state index is 0.326. The van der Waals surface area contributed by atoms with E-state index in [1.807, 2.05) is 29.6 Å². The number of nitrogen functional groups attached to an aromatic ring is 1. The largest absolute Gasteiger partial charge is 0.397 e. The summed E-state index contributed by atoms with van der Waals surface area (Å²) in [6, 6.07) is 12.7. The SMILES string of the molecule is Nc1c(C(=O)Nc2ccc(Cl)cc2Cl)sc2nc(-c3cccs3)ccc12. The molecule has 0 aliphatic heterocycles. The Morgan fingerprint density at radius 2 is 2.00 bits per heavy atom. The minimum atomic E-state index is -0.326. The number of nitrogens with one attached hydrogen (secondary N) is 1. The average molecular weight is 420 g/mol. The summed E-state index contributed by atoms with van der Waals surface area (Å²) in [7, 11) is 0. The number of aromatic nitrogens is 1. The van der Waals surface area contributed by atoms with Crippen molar-refractivity contribution in [3.8, 4) is 10.6 Å². The van der Waals surface area contributed by atoms with Crippen LogP contribution in [0.2, 0.25) is 10.0 Å². The number of hydrogen-bond acceptors (Lipinski definition) is 5. The maximum Gasteiger partial charge on any atom is 0.267 e. The van der Waals surface area contributed by atoms with Crippen molar-refractivity contribution in [3.63, 3.8) is 0 Å². The molecule has 3 heterocycles. The number of nitrogens with zero attached hydrogens (tertiary/aromatic N) is 1. The molecule has 0 spiro atoms. The van der Waals surface area contributed by atoms with Crippen LogP contribution in [0.4, 0.5) is 11.4 Å². The molecule has 0 aliphatic carbocycles. The predicted molar refractivity (Wildman–Crippen MR) is 112 cm³/mol. The van der Waals surface area contributed by atoms with Crippen molar-refractivity contribution in [2.45, 2.75) is 0 Å². The maximum absolute atomic E-state index is 12.7. The maximum atomic E-state index is 12.7. The van der Waals surface area contributed by atoms with Gasteiger partial charge in [-0.25, -0.2) is 4.98 Å². The van der Waals surface area contributed by atoms with E-state index in [0.717, 1.165) is 20.8 Å². The van der Waals surface area contributed by atoms with E-state index in [0.29, 0.717) is 26.3 Å². The van der Waals surface area contributed by atoms with E-state index in [4.69, 9.17) is 28.9 Å². The van der Waals surface area contributed by atoms with Gasteiger partial charge in [0, 0.05) is 10.4 Å². The Morgan fingerprint density at radius 3 is 2.73 bits per heavy atom. The number of benzene rings is 1. The van der Waals surface area contributed by atoms with Crippen LogP contribution >= 0.6 is 45.9 Å². The predicted octanol–water partition coefficient (Wildman–Crippen LogP) is 6.17. The molecule has 1 amide bonds. The zero-order chi connectivity index (χ0) is 18.3. The number of thiophene rings is 2. The zero-order valence-electron chi connectivity index (χ0n) is 13.1. The van der Waals surface area contributed by atoms with Gasteiger partial charge in [0.2, 0.25) is 0 Å². The molecule has 0 saturated heterocycles. The van der Waals surface area contributed by atoms with E-state index in [2.05, 4.69) is 10.3 Å². The molecule has 4 rings (SSSR count). The summed E-state index contributed by atoms with van der Waals surface area (Å²) in [5.74, 6) is -0.326. The second-order valence-corrected chi connectivity index (χ2v) is 8.24. The number of halogens is 2. The first-order valence-corrected chi connectivity index (χ1v) is 9.97. The van der Waals surface area contributed by atoms with Crippen LogP contribution in [0.25, 0.3) is 20.8 Å². The molecule has 0 bridgehead atoms. The fraction of sp³-hybridized carbons (Fsp3) is 0. The molecule has 0 fully saturated rings. The number of pyridine rings is 1. The van der Waals surface area contributed by atoms with Crippen molar-refractivity contribution in [1.82, 2.24) is 4.98 Å². The van der Waals surface area contributed by atoms with E-state index in [1.54, 1.807) is 29.5 Å². The van der Waals surface area contributed by atoms with Crippen LogP contribution in [0, 0.1) is 0 Å². The van der Waals surface area contributed by atoms with Crippen LogP contribution in [0.5, 0.6) is 0 Å². The Balaban J connectivity index is 1.69. The highest BCUT2D eigenvalue weighted by molar-refractivity contribution is 7.21. The number of rotatable bonds is 3. The van der Waals surface area contributed by atoms with Crippen molar-refractivity contribution >= 4 is 73.4 Å². The highest BCUT2D eigenvalue weighted by Crippen LogP contribution is 2.36.